The van der Waals surface area contributed by atoms with Crippen molar-refractivity contribution in [2.24, 2.45) is 0 Å². The van der Waals surface area contributed by atoms with Gasteiger partial charge in [0.05, 0.1) is 23.4 Å². The van der Waals surface area contributed by atoms with Gasteiger partial charge in [0.25, 0.3) is 5.63 Å². The summed E-state index contributed by atoms with van der Waals surface area (Å²) in [6, 6.07) is 3.46. The number of hydrogen-bond acceptors (Lipinski definition) is 4. The van der Waals surface area contributed by atoms with Crippen molar-refractivity contribution in [2.75, 3.05) is 18.5 Å². The lowest BCUT2D eigenvalue weighted by Crippen LogP contribution is -2.32. The lowest BCUT2D eigenvalue weighted by molar-refractivity contribution is -0.198. The van der Waals surface area contributed by atoms with Gasteiger partial charge in [-0.15, -0.1) is 0 Å². The largest absolute Gasteiger partial charge is 0.444 e. The Kier molecular flexibility index (Phi) is 6.19. The first-order chi connectivity index (χ1) is 9.26. The zero-order valence-corrected chi connectivity index (χ0v) is 11.5. The Hall–Kier alpha value is -0.890. The number of alkyl halides is 4. The maximum Gasteiger partial charge on any atom is 0.444 e. The Balaban J connectivity index is 2.81. The summed E-state index contributed by atoms with van der Waals surface area (Å²) < 4.78 is 42.5. The molecule has 0 radical (unpaired) electrons. The maximum atomic E-state index is 13.0. The fourth-order valence-electron chi connectivity index (χ4n) is 1.20. The highest BCUT2D eigenvalue weighted by Gasteiger charge is 2.42. The summed E-state index contributed by atoms with van der Waals surface area (Å²) in [4.78, 5) is 0. The lowest BCUT2D eigenvalue weighted by atomic mass is 10.2. The molecule has 3 N–H and O–H groups in total. The van der Waals surface area contributed by atoms with Gasteiger partial charge in [0.15, 0.2) is 0 Å². The minimum atomic E-state index is -4.18. The number of nitrogens with one attached hydrogen (secondary N) is 1. The van der Waals surface area contributed by atoms with E-state index in [2.05, 4.69) is 21.7 Å². The number of rotatable bonds is 7. The molecule has 9 heteroatoms. The van der Waals surface area contributed by atoms with Crippen LogP contribution in [0.4, 0.5) is 18.9 Å². The van der Waals surface area contributed by atoms with E-state index in [1.807, 2.05) is 0 Å². The molecule has 20 heavy (non-hydrogen) atoms. The molecule has 0 amide bonds. The first-order valence-electron chi connectivity index (χ1n) is 5.43. The van der Waals surface area contributed by atoms with Gasteiger partial charge < -0.3 is 20.3 Å². The van der Waals surface area contributed by atoms with Gasteiger partial charge in [0.2, 0.25) is 0 Å². The van der Waals surface area contributed by atoms with Gasteiger partial charge in [0, 0.05) is 12.6 Å². The first kappa shape index (κ1) is 17.2. The van der Waals surface area contributed by atoms with Crippen molar-refractivity contribution in [3.63, 3.8) is 0 Å². The Morgan fingerprint density at radius 3 is 2.60 bits per heavy atom. The maximum absolute atomic E-state index is 13.0. The molecule has 0 aromatic heterocycles. The number of anilines is 1. The number of aliphatic hydroxyl groups is 2. The van der Waals surface area contributed by atoms with E-state index >= 15 is 0 Å². The van der Waals surface area contributed by atoms with E-state index in [9.17, 15) is 13.2 Å². The van der Waals surface area contributed by atoms with Crippen molar-refractivity contribution in [3.8, 4) is 5.75 Å². The summed E-state index contributed by atoms with van der Waals surface area (Å²) >= 11 is 10.5. The van der Waals surface area contributed by atoms with Gasteiger partial charge in [-0.3, -0.25) is 0 Å². The molecule has 114 valence electrons. The number of hydrogen-bond donors (Lipinski definition) is 3. The summed E-state index contributed by atoms with van der Waals surface area (Å²) in [6.45, 7) is -0.536. The smallest absolute Gasteiger partial charge is 0.429 e. The zero-order valence-electron chi connectivity index (χ0n) is 9.99. The second kappa shape index (κ2) is 7.21. The molecule has 4 nitrogen and oxygen atoms in total. The van der Waals surface area contributed by atoms with Crippen LogP contribution in [0.5, 0.6) is 5.75 Å². The topological polar surface area (TPSA) is 61.7 Å². The molecule has 0 bridgehead atoms. The predicted molar refractivity (Wildman–Crippen MR) is 69.4 cm³/mol. The lowest BCUT2D eigenvalue weighted by Gasteiger charge is -2.19. The molecule has 2 atom stereocenters. The monoisotopic (exact) mass is 333 g/mol. The highest BCUT2D eigenvalue weighted by atomic mass is 35.5. The SMILES string of the molecule is OCC(O)CNc1cc(OC(F)(F)C(F)Cl)ccc1Cl. The van der Waals surface area contributed by atoms with E-state index in [-0.39, 0.29) is 23.0 Å². The minimum Gasteiger partial charge on any atom is -0.429 e. The molecule has 0 saturated heterocycles. The molecule has 0 aliphatic rings. The van der Waals surface area contributed by atoms with E-state index in [1.54, 1.807) is 0 Å². The molecule has 0 heterocycles. The number of ether oxygens (including phenoxy) is 1. The molecule has 0 aliphatic carbocycles. The van der Waals surface area contributed by atoms with Gasteiger partial charge in [-0.2, -0.15) is 8.78 Å². The van der Waals surface area contributed by atoms with Crippen molar-refractivity contribution < 1.29 is 28.1 Å². The molecule has 0 aliphatic heterocycles. The Labute approximate surface area is 123 Å². The van der Waals surface area contributed by atoms with Crippen LogP contribution in [0.3, 0.4) is 0 Å². The highest BCUT2D eigenvalue weighted by Crippen LogP contribution is 2.32. The van der Waals surface area contributed by atoms with Crippen LogP contribution in [0.2, 0.25) is 5.02 Å². The summed E-state index contributed by atoms with van der Waals surface area (Å²) in [5.41, 5.74) is -2.82. The Morgan fingerprint density at radius 1 is 1.40 bits per heavy atom. The van der Waals surface area contributed by atoms with Crippen LogP contribution in [0.1, 0.15) is 0 Å². The van der Waals surface area contributed by atoms with Gasteiger partial charge in [0.1, 0.15) is 5.75 Å². The fourth-order valence-corrected chi connectivity index (χ4v) is 1.43. The first-order valence-corrected chi connectivity index (χ1v) is 6.25. The van der Waals surface area contributed by atoms with Crippen LogP contribution in [0.15, 0.2) is 18.2 Å². The highest BCUT2D eigenvalue weighted by molar-refractivity contribution is 6.33. The van der Waals surface area contributed by atoms with Crippen LogP contribution in [-0.2, 0) is 0 Å². The molecule has 1 rings (SSSR count). The van der Waals surface area contributed by atoms with Crippen molar-refractivity contribution in [2.45, 2.75) is 17.8 Å². The molecule has 2 unspecified atom stereocenters. The summed E-state index contributed by atoms with van der Waals surface area (Å²) in [5.74, 6) is -0.358. The second-order valence-corrected chi connectivity index (χ2v) is 4.61. The van der Waals surface area contributed by atoms with E-state index in [4.69, 9.17) is 21.8 Å². The molecule has 0 fully saturated rings. The number of benzene rings is 1. The van der Waals surface area contributed by atoms with E-state index in [0.29, 0.717) is 0 Å². The standard InChI is InChI=1S/C11H12Cl2F3NO3/c12-8-2-1-7(20-11(15,16)10(13)14)3-9(8)17-4-6(19)5-18/h1-3,6,10,17-19H,4-5H2. The second-order valence-electron chi connectivity index (χ2n) is 3.82. The number of halogens is 5. The van der Waals surface area contributed by atoms with Crippen molar-refractivity contribution in [3.05, 3.63) is 23.2 Å². The summed E-state index contributed by atoms with van der Waals surface area (Å²) in [6.07, 6.45) is -5.23. The quantitative estimate of drug-likeness (QED) is 0.671. The van der Waals surface area contributed by atoms with E-state index in [0.717, 1.165) is 12.1 Å². The van der Waals surface area contributed by atoms with Gasteiger partial charge in [-0.05, 0) is 12.1 Å². The Bertz CT molecular complexity index is 449. The van der Waals surface area contributed by atoms with Crippen molar-refractivity contribution in [1.82, 2.24) is 0 Å². The fraction of sp³-hybridized carbons (Fsp3) is 0.455. The zero-order chi connectivity index (χ0) is 15.3. The normalized spacial score (nSPS) is 14.8. The van der Waals surface area contributed by atoms with Crippen LogP contribution < -0.4 is 10.1 Å². The van der Waals surface area contributed by atoms with Crippen molar-refractivity contribution >= 4 is 28.9 Å². The third-order valence-corrected chi connectivity index (χ3v) is 2.77. The van der Waals surface area contributed by atoms with Gasteiger partial charge in [-0.25, -0.2) is 4.39 Å². The third kappa shape index (κ3) is 4.90. The van der Waals surface area contributed by atoms with Gasteiger partial charge >= 0.3 is 6.11 Å². The summed E-state index contributed by atoms with van der Waals surface area (Å²) in [5, 5.41) is 20.6. The summed E-state index contributed by atoms with van der Waals surface area (Å²) in [7, 11) is 0. The molecule has 0 saturated carbocycles. The van der Waals surface area contributed by atoms with Gasteiger partial charge in [-0.1, -0.05) is 23.2 Å². The molecular formula is C11H12Cl2F3NO3. The predicted octanol–water partition coefficient (Wildman–Crippen LogP) is 2.61. The average molecular weight is 334 g/mol. The number of aliphatic hydroxyl groups excluding tert-OH is 2. The van der Waals surface area contributed by atoms with Crippen molar-refractivity contribution in [1.29, 1.82) is 0 Å². The molecule has 1 aromatic rings. The Morgan fingerprint density at radius 2 is 2.05 bits per heavy atom. The van der Waals surface area contributed by atoms with Crippen LogP contribution in [-0.4, -0.2) is 41.2 Å². The average Bonchev–Trinajstić information content (AvgIpc) is 2.38. The minimum absolute atomic E-state index is 0.0582. The van der Waals surface area contributed by atoms with Crippen LogP contribution in [0.25, 0.3) is 0 Å². The third-order valence-electron chi connectivity index (χ3n) is 2.18. The molecule has 0 spiro atoms. The van der Waals surface area contributed by atoms with Crippen LogP contribution in [0, 0.1) is 0 Å². The van der Waals surface area contributed by atoms with E-state index < -0.39 is 24.5 Å². The molecular weight excluding hydrogens is 322 g/mol. The van der Waals surface area contributed by atoms with E-state index in [1.165, 1.54) is 6.07 Å². The van der Waals surface area contributed by atoms with Crippen LogP contribution >= 0.6 is 23.2 Å². The molecule has 1 aromatic carbocycles.